The lowest BCUT2D eigenvalue weighted by Gasteiger charge is -2.13. The van der Waals surface area contributed by atoms with Gasteiger partial charge in [-0.05, 0) is 31.7 Å². The van der Waals surface area contributed by atoms with Crippen molar-refractivity contribution < 1.29 is 13.2 Å². The van der Waals surface area contributed by atoms with Crippen LogP contribution in [0.2, 0.25) is 0 Å². The predicted octanol–water partition coefficient (Wildman–Crippen LogP) is 0.926. The summed E-state index contributed by atoms with van der Waals surface area (Å²) in [6, 6.07) is 4.62. The van der Waals surface area contributed by atoms with E-state index in [9.17, 15) is 13.2 Å². The average molecular weight is 352 g/mol. The van der Waals surface area contributed by atoms with Crippen molar-refractivity contribution in [3.8, 4) is 0 Å². The van der Waals surface area contributed by atoms with Crippen LogP contribution in [-0.2, 0) is 14.8 Å². The number of sulfonamides is 1. The Balaban J connectivity index is 0.00000220. The van der Waals surface area contributed by atoms with Gasteiger partial charge in [-0.2, -0.15) is 0 Å². The first-order valence-corrected chi connectivity index (χ1v) is 8.74. The van der Waals surface area contributed by atoms with Crippen molar-refractivity contribution >= 4 is 45.8 Å². The fourth-order valence-corrected chi connectivity index (χ4v) is 3.81. The van der Waals surface area contributed by atoms with Crippen LogP contribution >= 0.6 is 24.2 Å². The van der Waals surface area contributed by atoms with Crippen molar-refractivity contribution in [2.45, 2.75) is 17.9 Å². The molecule has 1 aliphatic heterocycles. The molecular formula is C12H18ClN3O3S2. The highest BCUT2D eigenvalue weighted by Gasteiger charge is 2.23. The first kappa shape index (κ1) is 18.2. The molecule has 3 N–H and O–H groups in total. The zero-order valence-corrected chi connectivity index (χ0v) is 14.1. The summed E-state index contributed by atoms with van der Waals surface area (Å²) in [5.74, 6) is 1.33. The fourth-order valence-electron chi connectivity index (χ4n) is 1.87. The van der Waals surface area contributed by atoms with E-state index in [2.05, 4.69) is 15.4 Å². The molecule has 0 saturated carbocycles. The zero-order chi connectivity index (χ0) is 14.8. The van der Waals surface area contributed by atoms with Crippen LogP contribution in [0.5, 0.6) is 0 Å². The van der Waals surface area contributed by atoms with Crippen LogP contribution < -0.4 is 15.4 Å². The van der Waals surface area contributed by atoms with E-state index in [1.807, 2.05) is 0 Å². The van der Waals surface area contributed by atoms with Crippen molar-refractivity contribution in [1.29, 1.82) is 0 Å². The van der Waals surface area contributed by atoms with Crippen molar-refractivity contribution in [2.24, 2.45) is 0 Å². The van der Waals surface area contributed by atoms with Gasteiger partial charge >= 0.3 is 0 Å². The maximum Gasteiger partial charge on any atom is 0.242 e. The molecule has 0 spiro atoms. The summed E-state index contributed by atoms with van der Waals surface area (Å²) in [7, 11) is -2.17. The molecule has 0 aromatic heterocycles. The highest BCUT2D eigenvalue weighted by molar-refractivity contribution is 7.99. The molecule has 1 amide bonds. The summed E-state index contributed by atoms with van der Waals surface area (Å²) >= 11 is 1.66. The highest BCUT2D eigenvalue weighted by atomic mass is 35.5. The number of amides is 1. The summed E-state index contributed by atoms with van der Waals surface area (Å²) in [5, 5.41) is 5.81. The molecule has 21 heavy (non-hydrogen) atoms. The normalized spacial score (nSPS) is 18.1. The molecule has 0 bridgehead atoms. The lowest BCUT2D eigenvalue weighted by atomic mass is 10.2. The van der Waals surface area contributed by atoms with E-state index in [0.29, 0.717) is 11.3 Å². The summed E-state index contributed by atoms with van der Waals surface area (Å²) in [4.78, 5) is 12.2. The number of hydrogen-bond donors (Lipinski definition) is 3. The van der Waals surface area contributed by atoms with E-state index in [1.165, 1.54) is 13.1 Å². The number of benzene rings is 1. The van der Waals surface area contributed by atoms with Gasteiger partial charge in [0.2, 0.25) is 15.9 Å². The molecular weight excluding hydrogens is 334 g/mol. The Morgan fingerprint density at radius 3 is 2.71 bits per heavy atom. The van der Waals surface area contributed by atoms with Gasteiger partial charge in [0.05, 0.1) is 10.9 Å². The fraction of sp³-hybridized carbons (Fsp3) is 0.417. The van der Waals surface area contributed by atoms with Crippen LogP contribution in [0.15, 0.2) is 23.1 Å². The number of rotatable bonds is 4. The Labute approximate surface area is 134 Å². The van der Waals surface area contributed by atoms with E-state index in [4.69, 9.17) is 0 Å². The van der Waals surface area contributed by atoms with Gasteiger partial charge in [0, 0.05) is 17.3 Å². The molecule has 0 aliphatic carbocycles. The first-order chi connectivity index (χ1) is 9.44. The Morgan fingerprint density at radius 2 is 2.14 bits per heavy atom. The molecule has 118 valence electrons. The van der Waals surface area contributed by atoms with E-state index < -0.39 is 10.0 Å². The van der Waals surface area contributed by atoms with Gasteiger partial charge in [-0.3, -0.25) is 10.1 Å². The number of thioether (sulfide) groups is 1. The average Bonchev–Trinajstić information content (AvgIpc) is 2.95. The number of carbonyl (C=O) groups is 1. The molecule has 1 heterocycles. The van der Waals surface area contributed by atoms with Crippen LogP contribution in [0.3, 0.4) is 0 Å². The van der Waals surface area contributed by atoms with E-state index in [1.54, 1.807) is 30.8 Å². The zero-order valence-electron chi connectivity index (χ0n) is 11.7. The Bertz CT molecular complexity index is 616. The standard InChI is InChI=1S/C12H17N3O3S2.ClH/c1-8-3-4-9(5-11(8)20(17,18)13-2)15-12(16)10-6-19-7-14-10;/h3-5,10,13-14H,6-7H2,1-2H3,(H,15,16);1H. The lowest BCUT2D eigenvalue weighted by molar-refractivity contribution is -0.117. The van der Waals surface area contributed by atoms with Crippen molar-refractivity contribution in [1.82, 2.24) is 10.0 Å². The number of nitrogens with one attached hydrogen (secondary N) is 3. The number of carbonyl (C=O) groups excluding carboxylic acids is 1. The molecule has 1 saturated heterocycles. The van der Waals surface area contributed by atoms with E-state index in [-0.39, 0.29) is 29.3 Å². The minimum atomic E-state index is -3.53. The van der Waals surface area contributed by atoms with Crippen LogP contribution in [0.4, 0.5) is 5.69 Å². The topological polar surface area (TPSA) is 87.3 Å². The van der Waals surface area contributed by atoms with Gasteiger partial charge in [0.15, 0.2) is 0 Å². The third-order valence-electron chi connectivity index (χ3n) is 3.05. The molecule has 0 radical (unpaired) electrons. The van der Waals surface area contributed by atoms with Gasteiger partial charge in [-0.25, -0.2) is 13.1 Å². The van der Waals surface area contributed by atoms with E-state index >= 15 is 0 Å². The lowest BCUT2D eigenvalue weighted by Crippen LogP contribution is -2.37. The summed E-state index contributed by atoms with van der Waals surface area (Å²) in [5.41, 5.74) is 1.11. The summed E-state index contributed by atoms with van der Waals surface area (Å²) in [6.45, 7) is 1.71. The molecule has 9 heteroatoms. The third kappa shape index (κ3) is 4.33. The summed E-state index contributed by atoms with van der Waals surface area (Å²) in [6.07, 6.45) is 0. The quantitative estimate of drug-likeness (QED) is 0.751. The van der Waals surface area contributed by atoms with Crippen LogP contribution in [-0.4, -0.2) is 39.0 Å². The minimum Gasteiger partial charge on any atom is -0.325 e. The van der Waals surface area contributed by atoms with Gasteiger partial charge in [0.1, 0.15) is 0 Å². The number of hydrogen-bond acceptors (Lipinski definition) is 5. The number of aryl methyl sites for hydroxylation is 1. The Hall–Kier alpha value is -0.800. The monoisotopic (exact) mass is 351 g/mol. The van der Waals surface area contributed by atoms with Crippen LogP contribution in [0, 0.1) is 6.92 Å². The molecule has 1 aromatic rings. The largest absolute Gasteiger partial charge is 0.325 e. The van der Waals surface area contributed by atoms with Gasteiger partial charge in [0.25, 0.3) is 0 Å². The smallest absolute Gasteiger partial charge is 0.242 e. The van der Waals surface area contributed by atoms with Crippen LogP contribution in [0.25, 0.3) is 0 Å². The number of halogens is 1. The third-order valence-corrected chi connectivity index (χ3v) is 5.54. The second-order valence-electron chi connectivity index (χ2n) is 4.45. The molecule has 6 nitrogen and oxygen atoms in total. The molecule has 1 fully saturated rings. The molecule has 2 rings (SSSR count). The Kier molecular flexibility index (Phi) is 6.48. The van der Waals surface area contributed by atoms with Crippen molar-refractivity contribution in [3.05, 3.63) is 23.8 Å². The maximum atomic E-state index is 12.0. The van der Waals surface area contributed by atoms with Gasteiger partial charge in [-0.15, -0.1) is 24.2 Å². The SMILES string of the molecule is CNS(=O)(=O)c1cc(NC(=O)C2CSCN2)ccc1C.Cl. The summed E-state index contributed by atoms with van der Waals surface area (Å²) < 4.78 is 26.0. The maximum absolute atomic E-state index is 12.0. The van der Waals surface area contributed by atoms with Crippen molar-refractivity contribution in [3.63, 3.8) is 0 Å². The second-order valence-corrected chi connectivity index (χ2v) is 7.33. The molecule has 1 aromatic carbocycles. The van der Waals surface area contributed by atoms with Crippen LogP contribution in [0.1, 0.15) is 5.56 Å². The molecule has 1 aliphatic rings. The Morgan fingerprint density at radius 1 is 1.43 bits per heavy atom. The predicted molar refractivity (Wildman–Crippen MR) is 87.6 cm³/mol. The van der Waals surface area contributed by atoms with E-state index in [0.717, 1.165) is 11.6 Å². The van der Waals surface area contributed by atoms with Crippen molar-refractivity contribution in [2.75, 3.05) is 24.0 Å². The molecule has 1 atom stereocenters. The minimum absolute atomic E-state index is 0. The van der Waals surface area contributed by atoms with Gasteiger partial charge in [-0.1, -0.05) is 6.07 Å². The first-order valence-electron chi connectivity index (χ1n) is 6.10. The highest BCUT2D eigenvalue weighted by Crippen LogP contribution is 2.20. The second kappa shape index (κ2) is 7.46. The number of anilines is 1. The van der Waals surface area contributed by atoms with Gasteiger partial charge < -0.3 is 5.32 Å². The molecule has 1 unspecified atom stereocenters.